The Kier molecular flexibility index (Phi) is 12.8. The molecular weight excluding hydrogens is 212 g/mol. The van der Waals surface area contributed by atoms with Crippen molar-refractivity contribution in [3.05, 3.63) is 25.3 Å². The van der Waals surface area contributed by atoms with Crippen LogP contribution in [-0.4, -0.2) is 41.8 Å². The normalized spacial score (nSPS) is 12.8. The summed E-state index contributed by atoms with van der Waals surface area (Å²) in [5.74, 6) is -0.616. The molecule has 0 bridgehead atoms. The van der Waals surface area contributed by atoms with Gasteiger partial charge in [-0.1, -0.05) is 18.7 Å². The summed E-state index contributed by atoms with van der Waals surface area (Å²) in [7, 11) is 0. The number of hydrogen-bond acceptors (Lipinski definition) is 5. The fourth-order valence-electron chi connectivity index (χ4n) is 0.469. The van der Waals surface area contributed by atoms with E-state index in [1.54, 1.807) is 13.0 Å². The molecular formula is C11H20O5. The maximum absolute atomic E-state index is 10.4. The number of hydrogen-bond donors (Lipinski definition) is 2. The van der Waals surface area contributed by atoms with Crippen LogP contribution in [0.3, 0.4) is 0 Å². The summed E-state index contributed by atoms with van der Waals surface area (Å²) in [6.07, 6.45) is 1.33. The van der Waals surface area contributed by atoms with E-state index < -0.39 is 18.4 Å². The van der Waals surface area contributed by atoms with Gasteiger partial charge in [0.1, 0.15) is 12.7 Å². The molecule has 5 nitrogen and oxygen atoms in total. The highest BCUT2D eigenvalue weighted by Gasteiger charge is 2.07. The Hall–Kier alpha value is -1.17. The lowest BCUT2D eigenvalue weighted by molar-refractivity contribution is -0.151. The maximum atomic E-state index is 10.4. The van der Waals surface area contributed by atoms with Crippen molar-refractivity contribution in [3.8, 4) is 0 Å². The lowest BCUT2D eigenvalue weighted by atomic mass is 10.4. The van der Waals surface area contributed by atoms with Crippen molar-refractivity contribution >= 4 is 5.97 Å². The van der Waals surface area contributed by atoms with Gasteiger partial charge in [-0.05, 0) is 13.8 Å². The monoisotopic (exact) mass is 232 g/mol. The summed E-state index contributed by atoms with van der Waals surface area (Å²) < 4.78 is 9.07. The predicted octanol–water partition coefficient (Wildman–Crippen LogP) is 0.624. The average molecular weight is 232 g/mol. The molecule has 16 heavy (non-hydrogen) atoms. The number of ether oxygens (including phenoxy) is 2. The summed E-state index contributed by atoms with van der Waals surface area (Å²) >= 11 is 0. The molecule has 0 amide bonds. The Balaban J connectivity index is 0. The largest absolute Gasteiger partial charge is 0.460 e. The van der Waals surface area contributed by atoms with E-state index in [4.69, 9.17) is 10.2 Å². The molecule has 0 fully saturated rings. The first kappa shape index (κ1) is 17.2. The second kappa shape index (κ2) is 11.9. The van der Waals surface area contributed by atoms with Gasteiger partial charge in [0, 0.05) is 0 Å². The average Bonchev–Trinajstić information content (AvgIpc) is 2.23. The molecule has 2 N–H and O–H groups in total. The first-order valence-corrected chi connectivity index (χ1v) is 4.81. The molecule has 0 aliphatic carbocycles. The molecule has 5 heteroatoms. The molecule has 0 aliphatic rings. The van der Waals surface area contributed by atoms with Crippen LogP contribution in [0.5, 0.6) is 0 Å². The lowest BCUT2D eigenvalue weighted by Gasteiger charge is -2.01. The van der Waals surface area contributed by atoms with Gasteiger partial charge in [-0.3, -0.25) is 0 Å². The van der Waals surface area contributed by atoms with E-state index in [1.165, 1.54) is 13.0 Å². The molecule has 0 saturated carbocycles. The van der Waals surface area contributed by atoms with E-state index in [1.807, 2.05) is 0 Å². The third-order valence-corrected chi connectivity index (χ3v) is 1.14. The van der Waals surface area contributed by atoms with E-state index in [0.29, 0.717) is 6.61 Å². The first-order valence-electron chi connectivity index (χ1n) is 4.81. The van der Waals surface area contributed by atoms with Crippen LogP contribution in [0.2, 0.25) is 0 Å². The Labute approximate surface area is 96.0 Å². The van der Waals surface area contributed by atoms with Crippen LogP contribution < -0.4 is 0 Å². The molecule has 2 atom stereocenters. The molecule has 0 aromatic carbocycles. The zero-order valence-electron chi connectivity index (χ0n) is 9.76. The van der Waals surface area contributed by atoms with Crippen LogP contribution in [0.25, 0.3) is 0 Å². The number of aliphatic hydroxyl groups is 2. The SMILES string of the molecule is C=CCOC(=O)C(C)O.C=CCOC(C)O. The van der Waals surface area contributed by atoms with Crippen molar-refractivity contribution in [1.82, 2.24) is 0 Å². The second-order valence-corrected chi connectivity index (χ2v) is 2.82. The van der Waals surface area contributed by atoms with Crippen molar-refractivity contribution in [1.29, 1.82) is 0 Å². The fraction of sp³-hybridized carbons (Fsp3) is 0.545. The minimum atomic E-state index is -1.04. The van der Waals surface area contributed by atoms with Gasteiger partial charge < -0.3 is 19.7 Å². The van der Waals surface area contributed by atoms with E-state index in [9.17, 15) is 4.79 Å². The molecule has 0 aromatic heterocycles. The standard InChI is InChI=1S/C6H10O3.C5H10O2/c1-3-4-9-6(8)5(2)7;1-3-4-7-5(2)6/h3,5,7H,1,4H2,2H3;3,5-6H,1,4H2,2H3. The van der Waals surface area contributed by atoms with Crippen LogP contribution in [0.1, 0.15) is 13.8 Å². The van der Waals surface area contributed by atoms with E-state index in [-0.39, 0.29) is 6.61 Å². The van der Waals surface area contributed by atoms with Crippen molar-refractivity contribution in [3.63, 3.8) is 0 Å². The minimum absolute atomic E-state index is 0.156. The zero-order valence-corrected chi connectivity index (χ0v) is 9.76. The Bertz CT molecular complexity index is 199. The molecule has 2 unspecified atom stereocenters. The third-order valence-electron chi connectivity index (χ3n) is 1.14. The Morgan fingerprint density at radius 2 is 1.75 bits per heavy atom. The third kappa shape index (κ3) is 15.3. The highest BCUT2D eigenvalue weighted by molar-refractivity contribution is 5.73. The summed E-state index contributed by atoms with van der Waals surface area (Å²) in [4.78, 5) is 10.4. The van der Waals surface area contributed by atoms with Crippen molar-refractivity contribution in [2.24, 2.45) is 0 Å². The van der Waals surface area contributed by atoms with Crippen molar-refractivity contribution < 1.29 is 24.5 Å². The van der Waals surface area contributed by atoms with Gasteiger partial charge >= 0.3 is 5.97 Å². The van der Waals surface area contributed by atoms with E-state index in [0.717, 1.165) is 0 Å². The zero-order chi connectivity index (χ0) is 13.0. The van der Waals surface area contributed by atoms with Gasteiger partial charge in [-0.25, -0.2) is 4.79 Å². The number of rotatable bonds is 6. The lowest BCUT2D eigenvalue weighted by Crippen LogP contribution is -2.19. The molecule has 0 saturated heterocycles. The summed E-state index contributed by atoms with van der Waals surface area (Å²) in [5, 5.41) is 17.0. The van der Waals surface area contributed by atoms with Gasteiger partial charge in [0.15, 0.2) is 6.29 Å². The number of carbonyl (C=O) groups excluding carboxylic acids is 1. The Morgan fingerprint density at radius 1 is 1.25 bits per heavy atom. The Morgan fingerprint density at radius 3 is 2.00 bits per heavy atom. The van der Waals surface area contributed by atoms with Gasteiger partial charge in [0.25, 0.3) is 0 Å². The molecule has 0 radical (unpaired) electrons. The molecule has 0 rings (SSSR count). The van der Waals surface area contributed by atoms with Gasteiger partial charge in [0.05, 0.1) is 6.61 Å². The van der Waals surface area contributed by atoms with Gasteiger partial charge in [-0.15, -0.1) is 6.58 Å². The topological polar surface area (TPSA) is 76.0 Å². The van der Waals surface area contributed by atoms with Gasteiger partial charge in [-0.2, -0.15) is 0 Å². The van der Waals surface area contributed by atoms with Crippen LogP contribution in [-0.2, 0) is 14.3 Å². The van der Waals surface area contributed by atoms with Crippen LogP contribution in [0.4, 0.5) is 0 Å². The first-order chi connectivity index (χ1) is 7.45. The van der Waals surface area contributed by atoms with Crippen molar-refractivity contribution in [2.45, 2.75) is 26.2 Å². The van der Waals surface area contributed by atoms with Crippen LogP contribution in [0, 0.1) is 0 Å². The number of carbonyl (C=O) groups is 1. The molecule has 0 aromatic rings. The molecule has 0 aliphatic heterocycles. The fourth-order valence-corrected chi connectivity index (χ4v) is 0.469. The van der Waals surface area contributed by atoms with Crippen LogP contribution in [0.15, 0.2) is 25.3 Å². The second-order valence-electron chi connectivity index (χ2n) is 2.82. The quantitative estimate of drug-likeness (QED) is 0.399. The summed E-state index contributed by atoms with van der Waals surface area (Å²) in [5.41, 5.74) is 0. The highest BCUT2D eigenvalue weighted by atomic mass is 16.6. The smallest absolute Gasteiger partial charge is 0.334 e. The molecule has 94 valence electrons. The van der Waals surface area contributed by atoms with Crippen LogP contribution >= 0.6 is 0 Å². The van der Waals surface area contributed by atoms with E-state index in [2.05, 4.69) is 22.6 Å². The highest BCUT2D eigenvalue weighted by Crippen LogP contribution is 1.85. The molecule has 0 heterocycles. The maximum Gasteiger partial charge on any atom is 0.334 e. The minimum Gasteiger partial charge on any atom is -0.460 e. The molecule has 0 spiro atoms. The van der Waals surface area contributed by atoms with E-state index >= 15 is 0 Å². The summed E-state index contributed by atoms with van der Waals surface area (Å²) in [6, 6.07) is 0. The number of esters is 1. The number of aliphatic hydroxyl groups excluding tert-OH is 2. The van der Waals surface area contributed by atoms with Crippen molar-refractivity contribution in [2.75, 3.05) is 13.2 Å². The van der Waals surface area contributed by atoms with Gasteiger partial charge in [0.2, 0.25) is 0 Å². The summed E-state index contributed by atoms with van der Waals surface area (Å²) in [6.45, 7) is 10.2. The predicted molar refractivity (Wildman–Crippen MR) is 60.7 cm³/mol.